The minimum Gasteiger partial charge on any atom is -0.454 e. The van der Waals surface area contributed by atoms with E-state index in [0.717, 1.165) is 5.56 Å². The maximum atomic E-state index is 8.89. The van der Waals surface area contributed by atoms with Crippen molar-refractivity contribution in [2.45, 2.75) is 6.92 Å². The highest BCUT2D eigenvalue weighted by atomic mass is 16.5. The molecule has 16 heavy (non-hydrogen) atoms. The molecule has 0 saturated carbocycles. The summed E-state index contributed by atoms with van der Waals surface area (Å²) in [7, 11) is 0. The van der Waals surface area contributed by atoms with Crippen LogP contribution in [-0.4, -0.2) is 4.98 Å². The minimum atomic E-state index is 0.300. The van der Waals surface area contributed by atoms with Gasteiger partial charge in [0.05, 0.1) is 0 Å². The molecule has 0 radical (unpaired) electrons. The first-order chi connectivity index (χ1) is 7.79. The molecule has 0 aliphatic carbocycles. The van der Waals surface area contributed by atoms with Crippen molar-refractivity contribution in [3.05, 3.63) is 53.9 Å². The molecule has 1 heterocycles. The van der Waals surface area contributed by atoms with Crippen LogP contribution in [0.15, 0.2) is 42.6 Å². The average Bonchev–Trinajstić information content (AvgIpc) is 2.31. The van der Waals surface area contributed by atoms with Crippen molar-refractivity contribution >= 4 is 0 Å². The van der Waals surface area contributed by atoms with Crippen molar-refractivity contribution < 1.29 is 4.74 Å². The van der Waals surface area contributed by atoms with Crippen LogP contribution in [0.2, 0.25) is 0 Å². The Hall–Kier alpha value is -2.34. The fourth-order valence-corrected chi connectivity index (χ4v) is 1.32. The first kappa shape index (κ1) is 10.2. The summed E-state index contributed by atoms with van der Waals surface area (Å²) in [4.78, 5) is 4.01. The highest BCUT2D eigenvalue weighted by Gasteiger charge is 2.05. The number of nitrogens with zero attached hydrogens (tertiary/aromatic N) is 2. The van der Waals surface area contributed by atoms with E-state index in [0.29, 0.717) is 17.2 Å². The molecule has 0 spiro atoms. The first-order valence-corrected chi connectivity index (χ1v) is 4.89. The first-order valence-electron chi connectivity index (χ1n) is 4.89. The number of benzene rings is 1. The molecule has 0 atom stereocenters. The van der Waals surface area contributed by atoms with Gasteiger partial charge in [-0.05, 0) is 30.7 Å². The second-order valence-electron chi connectivity index (χ2n) is 3.39. The number of hydrogen-bond acceptors (Lipinski definition) is 3. The van der Waals surface area contributed by atoms with Crippen molar-refractivity contribution in [3.63, 3.8) is 0 Å². The zero-order valence-corrected chi connectivity index (χ0v) is 8.84. The Balaban J connectivity index is 2.35. The minimum absolute atomic E-state index is 0.300. The van der Waals surface area contributed by atoms with E-state index in [1.807, 2.05) is 43.3 Å². The molecular weight excluding hydrogens is 200 g/mol. The molecule has 0 amide bonds. The monoisotopic (exact) mass is 210 g/mol. The number of hydrogen-bond donors (Lipinski definition) is 0. The Morgan fingerprint density at radius 3 is 2.69 bits per heavy atom. The smallest absolute Gasteiger partial charge is 0.183 e. The van der Waals surface area contributed by atoms with Crippen LogP contribution in [0.3, 0.4) is 0 Å². The van der Waals surface area contributed by atoms with E-state index in [9.17, 15) is 0 Å². The van der Waals surface area contributed by atoms with Gasteiger partial charge < -0.3 is 4.74 Å². The van der Waals surface area contributed by atoms with Crippen LogP contribution in [0.4, 0.5) is 0 Å². The molecule has 0 saturated heterocycles. The number of rotatable bonds is 2. The molecular formula is C13H10N2O. The van der Waals surface area contributed by atoms with E-state index >= 15 is 0 Å². The van der Waals surface area contributed by atoms with Crippen LogP contribution in [0.5, 0.6) is 11.5 Å². The lowest BCUT2D eigenvalue weighted by atomic mass is 10.2. The van der Waals surface area contributed by atoms with Gasteiger partial charge in [0.25, 0.3) is 0 Å². The largest absolute Gasteiger partial charge is 0.454 e. The van der Waals surface area contributed by atoms with E-state index in [-0.39, 0.29) is 0 Å². The van der Waals surface area contributed by atoms with Crippen molar-refractivity contribution in [3.8, 4) is 17.6 Å². The maximum Gasteiger partial charge on any atom is 0.183 e. The Morgan fingerprint density at radius 1 is 1.25 bits per heavy atom. The zero-order valence-electron chi connectivity index (χ0n) is 8.84. The van der Waals surface area contributed by atoms with Gasteiger partial charge in [0.15, 0.2) is 11.4 Å². The molecule has 3 nitrogen and oxygen atoms in total. The van der Waals surface area contributed by atoms with Crippen molar-refractivity contribution in [2.75, 3.05) is 0 Å². The van der Waals surface area contributed by atoms with E-state index in [2.05, 4.69) is 4.98 Å². The lowest BCUT2D eigenvalue weighted by Gasteiger charge is -2.06. The highest BCUT2D eigenvalue weighted by Crippen LogP contribution is 2.24. The Kier molecular flexibility index (Phi) is 2.84. The SMILES string of the molecule is Cc1cnc(C#N)c(Oc2ccccc2)c1. The van der Waals surface area contributed by atoms with Gasteiger partial charge in [-0.3, -0.25) is 0 Å². The maximum absolute atomic E-state index is 8.89. The number of para-hydroxylation sites is 1. The lowest BCUT2D eigenvalue weighted by Crippen LogP contribution is -1.92. The molecule has 78 valence electrons. The van der Waals surface area contributed by atoms with Crippen LogP contribution in [0.25, 0.3) is 0 Å². The van der Waals surface area contributed by atoms with Crippen molar-refractivity contribution in [2.24, 2.45) is 0 Å². The van der Waals surface area contributed by atoms with E-state index < -0.39 is 0 Å². The predicted octanol–water partition coefficient (Wildman–Crippen LogP) is 3.05. The van der Waals surface area contributed by atoms with Crippen LogP contribution < -0.4 is 4.74 Å². The van der Waals surface area contributed by atoms with Crippen LogP contribution in [0.1, 0.15) is 11.3 Å². The van der Waals surface area contributed by atoms with Crippen LogP contribution >= 0.6 is 0 Å². The summed E-state index contributed by atoms with van der Waals surface area (Å²) in [6.07, 6.45) is 1.65. The van der Waals surface area contributed by atoms with Gasteiger partial charge in [0, 0.05) is 6.20 Å². The summed E-state index contributed by atoms with van der Waals surface area (Å²) >= 11 is 0. The molecule has 0 aliphatic rings. The second-order valence-corrected chi connectivity index (χ2v) is 3.39. The van der Waals surface area contributed by atoms with Gasteiger partial charge in [-0.2, -0.15) is 5.26 Å². The molecule has 1 aromatic heterocycles. The standard InChI is InChI=1S/C13H10N2O/c1-10-7-13(12(8-14)15-9-10)16-11-5-3-2-4-6-11/h2-7,9H,1H3. The Bertz CT molecular complexity index is 529. The summed E-state index contributed by atoms with van der Waals surface area (Å²) < 4.78 is 5.60. The third-order valence-corrected chi connectivity index (χ3v) is 2.07. The molecule has 3 heteroatoms. The van der Waals surface area contributed by atoms with Gasteiger partial charge in [0.1, 0.15) is 11.8 Å². The molecule has 0 aliphatic heterocycles. The molecule has 0 unspecified atom stereocenters. The Morgan fingerprint density at radius 2 is 2.00 bits per heavy atom. The molecule has 0 bridgehead atoms. The lowest BCUT2D eigenvalue weighted by molar-refractivity contribution is 0.478. The number of ether oxygens (including phenoxy) is 1. The van der Waals surface area contributed by atoms with Gasteiger partial charge in [-0.15, -0.1) is 0 Å². The molecule has 0 fully saturated rings. The van der Waals surface area contributed by atoms with Gasteiger partial charge in [-0.1, -0.05) is 18.2 Å². The third-order valence-electron chi connectivity index (χ3n) is 2.07. The van der Waals surface area contributed by atoms with Crippen molar-refractivity contribution in [1.82, 2.24) is 4.98 Å². The quantitative estimate of drug-likeness (QED) is 0.765. The number of aromatic nitrogens is 1. The summed E-state index contributed by atoms with van der Waals surface area (Å²) in [5, 5.41) is 8.89. The molecule has 2 aromatic rings. The summed E-state index contributed by atoms with van der Waals surface area (Å²) in [5.41, 5.74) is 1.26. The van der Waals surface area contributed by atoms with Crippen LogP contribution in [0, 0.1) is 18.3 Å². The molecule has 0 N–H and O–H groups in total. The van der Waals surface area contributed by atoms with E-state index in [1.54, 1.807) is 12.3 Å². The third kappa shape index (κ3) is 2.18. The molecule has 2 rings (SSSR count). The number of pyridine rings is 1. The van der Waals surface area contributed by atoms with Gasteiger partial charge in [-0.25, -0.2) is 4.98 Å². The normalized spacial score (nSPS) is 9.50. The summed E-state index contributed by atoms with van der Waals surface area (Å²) in [6, 6.07) is 13.2. The number of aryl methyl sites for hydroxylation is 1. The van der Waals surface area contributed by atoms with Gasteiger partial charge >= 0.3 is 0 Å². The topological polar surface area (TPSA) is 45.9 Å². The van der Waals surface area contributed by atoms with Crippen molar-refractivity contribution in [1.29, 1.82) is 5.26 Å². The fraction of sp³-hybridized carbons (Fsp3) is 0.0769. The van der Waals surface area contributed by atoms with Crippen LogP contribution in [-0.2, 0) is 0 Å². The van der Waals surface area contributed by atoms with E-state index in [4.69, 9.17) is 10.00 Å². The number of nitriles is 1. The predicted molar refractivity (Wildman–Crippen MR) is 60.2 cm³/mol. The molecule has 1 aromatic carbocycles. The second kappa shape index (κ2) is 4.45. The highest BCUT2D eigenvalue weighted by molar-refractivity contribution is 5.42. The summed E-state index contributed by atoms with van der Waals surface area (Å²) in [6.45, 7) is 1.91. The summed E-state index contributed by atoms with van der Waals surface area (Å²) in [5.74, 6) is 1.19. The van der Waals surface area contributed by atoms with E-state index in [1.165, 1.54) is 0 Å². The van der Waals surface area contributed by atoms with Gasteiger partial charge in [0.2, 0.25) is 0 Å². The zero-order chi connectivity index (χ0) is 11.4. The average molecular weight is 210 g/mol. The Labute approximate surface area is 93.9 Å². The fourth-order valence-electron chi connectivity index (χ4n) is 1.32.